The van der Waals surface area contributed by atoms with E-state index < -0.39 is 5.97 Å². The number of nitrogens with one attached hydrogen (secondary N) is 1. The van der Waals surface area contributed by atoms with Gasteiger partial charge in [-0.15, -0.1) is 11.3 Å². The van der Waals surface area contributed by atoms with E-state index >= 15 is 0 Å². The number of carboxylic acid groups (broad SMARTS) is 1. The lowest BCUT2D eigenvalue weighted by Gasteiger charge is -2.05. The topological polar surface area (TPSA) is 62.2 Å². The molecular formula is C12H18N2O2S. The monoisotopic (exact) mass is 254 g/mol. The van der Waals surface area contributed by atoms with Crippen LogP contribution in [-0.2, 0) is 11.2 Å². The molecule has 1 atom stereocenters. The summed E-state index contributed by atoms with van der Waals surface area (Å²) in [4.78, 5) is 16.6. The van der Waals surface area contributed by atoms with Gasteiger partial charge in [-0.1, -0.05) is 13.8 Å². The Labute approximate surface area is 105 Å². The van der Waals surface area contributed by atoms with E-state index in [1.54, 1.807) is 11.3 Å². The summed E-state index contributed by atoms with van der Waals surface area (Å²) in [5, 5.41) is 13.2. The molecule has 1 aliphatic rings. The van der Waals surface area contributed by atoms with Gasteiger partial charge in [-0.2, -0.15) is 0 Å². The van der Waals surface area contributed by atoms with Crippen LogP contribution in [0.4, 0.5) is 5.13 Å². The number of aromatic nitrogens is 1. The summed E-state index contributed by atoms with van der Waals surface area (Å²) in [5.74, 6) is -0.467. The number of nitrogens with zero attached hydrogens (tertiary/aromatic N) is 1. The van der Waals surface area contributed by atoms with E-state index in [1.807, 2.05) is 0 Å². The summed E-state index contributed by atoms with van der Waals surface area (Å²) in [5.41, 5.74) is 0.787. The van der Waals surface area contributed by atoms with Gasteiger partial charge in [0.1, 0.15) is 5.92 Å². The van der Waals surface area contributed by atoms with Gasteiger partial charge in [-0.3, -0.25) is 4.79 Å². The first-order valence-corrected chi connectivity index (χ1v) is 6.86. The molecule has 1 aromatic heterocycles. The third-order valence-electron chi connectivity index (χ3n) is 3.01. The van der Waals surface area contributed by atoms with Gasteiger partial charge in [-0.25, -0.2) is 4.98 Å². The van der Waals surface area contributed by atoms with Crippen molar-refractivity contribution < 1.29 is 9.90 Å². The highest BCUT2D eigenvalue weighted by Crippen LogP contribution is 2.38. The van der Waals surface area contributed by atoms with Gasteiger partial charge in [0.25, 0.3) is 0 Å². The van der Waals surface area contributed by atoms with Crippen LogP contribution in [0, 0.1) is 5.92 Å². The van der Waals surface area contributed by atoms with Crippen molar-refractivity contribution >= 4 is 22.4 Å². The molecule has 0 radical (unpaired) electrons. The number of fused-ring (bicyclic) bond motifs is 1. The Balaban J connectivity index is 1.99. The van der Waals surface area contributed by atoms with Gasteiger partial charge in [-0.05, 0) is 25.2 Å². The molecule has 0 spiro atoms. The van der Waals surface area contributed by atoms with Gasteiger partial charge >= 0.3 is 5.97 Å². The Bertz CT molecular complexity index is 415. The van der Waals surface area contributed by atoms with Crippen LogP contribution >= 0.6 is 11.3 Å². The Hall–Kier alpha value is -1.10. The quantitative estimate of drug-likeness (QED) is 0.848. The fourth-order valence-electron chi connectivity index (χ4n) is 2.01. The minimum absolute atomic E-state index is 0.387. The lowest BCUT2D eigenvalue weighted by atomic mass is 10.1. The maximum absolute atomic E-state index is 11.0. The zero-order chi connectivity index (χ0) is 12.4. The van der Waals surface area contributed by atoms with Crippen molar-refractivity contribution in [3.05, 3.63) is 10.6 Å². The third kappa shape index (κ3) is 2.77. The maximum Gasteiger partial charge on any atom is 0.312 e. The Morgan fingerprint density at radius 3 is 3.06 bits per heavy atom. The summed E-state index contributed by atoms with van der Waals surface area (Å²) in [6.07, 6.45) is 2.66. The molecule has 2 rings (SSSR count). The molecule has 5 heteroatoms. The smallest absolute Gasteiger partial charge is 0.312 e. The lowest BCUT2D eigenvalue weighted by molar-refractivity contribution is -0.138. The van der Waals surface area contributed by atoms with Gasteiger partial charge < -0.3 is 10.4 Å². The van der Waals surface area contributed by atoms with Crippen molar-refractivity contribution in [3.63, 3.8) is 0 Å². The SMILES string of the molecule is CC(C)CCNc1nc2c(s1)CCC2C(=O)O. The number of thiazole rings is 1. The summed E-state index contributed by atoms with van der Waals surface area (Å²) in [6.45, 7) is 5.27. The van der Waals surface area contributed by atoms with Crippen LogP contribution in [0.2, 0.25) is 0 Å². The number of carbonyl (C=O) groups is 1. The first-order chi connectivity index (χ1) is 8.08. The van der Waals surface area contributed by atoms with E-state index in [-0.39, 0.29) is 5.92 Å². The van der Waals surface area contributed by atoms with Crippen molar-refractivity contribution in [1.29, 1.82) is 0 Å². The van der Waals surface area contributed by atoms with Crippen molar-refractivity contribution in [2.45, 2.75) is 39.0 Å². The van der Waals surface area contributed by atoms with Crippen molar-refractivity contribution in [1.82, 2.24) is 4.98 Å². The second-order valence-electron chi connectivity index (χ2n) is 4.87. The molecule has 2 N–H and O–H groups in total. The number of hydrogen-bond donors (Lipinski definition) is 2. The molecule has 17 heavy (non-hydrogen) atoms. The summed E-state index contributed by atoms with van der Waals surface area (Å²) >= 11 is 1.61. The Morgan fingerprint density at radius 1 is 1.65 bits per heavy atom. The largest absolute Gasteiger partial charge is 0.481 e. The Morgan fingerprint density at radius 2 is 2.41 bits per heavy atom. The highest BCUT2D eigenvalue weighted by atomic mass is 32.1. The van der Waals surface area contributed by atoms with Crippen LogP contribution in [0.3, 0.4) is 0 Å². The van der Waals surface area contributed by atoms with Crippen LogP contribution < -0.4 is 5.32 Å². The molecule has 0 amide bonds. The van der Waals surface area contributed by atoms with Crippen molar-refractivity contribution in [2.24, 2.45) is 5.92 Å². The fraction of sp³-hybridized carbons (Fsp3) is 0.667. The molecule has 0 saturated heterocycles. The predicted octanol–water partition coefficient (Wildman–Crippen LogP) is 2.72. The molecule has 1 heterocycles. The summed E-state index contributed by atoms with van der Waals surface area (Å²) in [7, 11) is 0. The van der Waals surface area contributed by atoms with E-state index in [0.717, 1.165) is 35.1 Å². The number of aryl methyl sites for hydroxylation is 1. The first kappa shape index (κ1) is 12.4. The van der Waals surface area contributed by atoms with E-state index in [0.29, 0.717) is 12.3 Å². The average molecular weight is 254 g/mol. The van der Waals surface area contributed by atoms with Crippen molar-refractivity contribution in [2.75, 3.05) is 11.9 Å². The number of rotatable bonds is 5. The molecular weight excluding hydrogens is 236 g/mol. The van der Waals surface area contributed by atoms with Crippen LogP contribution in [0.1, 0.15) is 43.2 Å². The highest BCUT2D eigenvalue weighted by Gasteiger charge is 2.32. The Kier molecular flexibility index (Phi) is 3.66. The van der Waals surface area contributed by atoms with Gasteiger partial charge in [0.15, 0.2) is 5.13 Å². The van der Waals surface area contributed by atoms with Gasteiger partial charge in [0, 0.05) is 11.4 Å². The normalized spacial score (nSPS) is 18.4. The molecule has 0 aromatic carbocycles. The minimum Gasteiger partial charge on any atom is -0.481 e. The zero-order valence-electron chi connectivity index (χ0n) is 10.2. The second kappa shape index (κ2) is 5.04. The number of anilines is 1. The van der Waals surface area contributed by atoms with E-state index in [4.69, 9.17) is 5.11 Å². The van der Waals surface area contributed by atoms with E-state index in [1.165, 1.54) is 0 Å². The highest BCUT2D eigenvalue weighted by molar-refractivity contribution is 7.15. The molecule has 0 fully saturated rings. The molecule has 0 bridgehead atoms. The average Bonchev–Trinajstić information content (AvgIpc) is 2.75. The van der Waals surface area contributed by atoms with Crippen LogP contribution in [0.15, 0.2) is 0 Å². The lowest BCUT2D eigenvalue weighted by Crippen LogP contribution is -2.09. The van der Waals surface area contributed by atoms with Crippen molar-refractivity contribution in [3.8, 4) is 0 Å². The molecule has 1 aromatic rings. The van der Waals surface area contributed by atoms with E-state index in [2.05, 4.69) is 24.1 Å². The summed E-state index contributed by atoms with van der Waals surface area (Å²) in [6, 6.07) is 0. The van der Waals surface area contributed by atoms with Gasteiger partial charge in [0.2, 0.25) is 0 Å². The van der Waals surface area contributed by atoms with E-state index in [9.17, 15) is 4.79 Å². The number of carboxylic acids is 1. The number of hydrogen-bond acceptors (Lipinski definition) is 4. The molecule has 0 saturated carbocycles. The molecule has 0 aliphatic heterocycles. The molecule has 4 nitrogen and oxygen atoms in total. The first-order valence-electron chi connectivity index (χ1n) is 6.04. The second-order valence-corrected chi connectivity index (χ2v) is 5.95. The maximum atomic E-state index is 11.0. The molecule has 94 valence electrons. The third-order valence-corrected chi connectivity index (χ3v) is 4.10. The molecule has 1 unspecified atom stereocenters. The standard InChI is InChI=1S/C12H18N2O2S/c1-7(2)5-6-13-12-14-10-8(11(15)16)3-4-9(10)17-12/h7-8H,3-6H2,1-2H3,(H,13,14)(H,15,16). The van der Waals surface area contributed by atoms with Gasteiger partial charge in [0.05, 0.1) is 5.69 Å². The fourth-order valence-corrected chi connectivity index (χ4v) is 3.07. The zero-order valence-corrected chi connectivity index (χ0v) is 11.0. The summed E-state index contributed by atoms with van der Waals surface area (Å²) < 4.78 is 0. The predicted molar refractivity (Wildman–Crippen MR) is 68.8 cm³/mol. The van der Waals surface area contributed by atoms with Crippen LogP contribution in [0.5, 0.6) is 0 Å². The number of aliphatic carboxylic acids is 1. The molecule has 1 aliphatic carbocycles. The van der Waals surface area contributed by atoms with Crippen LogP contribution in [0.25, 0.3) is 0 Å². The minimum atomic E-state index is -0.747. The van der Waals surface area contributed by atoms with Crippen LogP contribution in [-0.4, -0.2) is 22.6 Å².